The molecule has 0 saturated carbocycles. The smallest absolute Gasteiger partial charge is 0.158 e. The van der Waals surface area contributed by atoms with Crippen molar-refractivity contribution in [1.82, 2.24) is 9.55 Å². The van der Waals surface area contributed by atoms with E-state index in [4.69, 9.17) is 37.4 Å². The molecular weight excluding hydrogens is 454 g/mol. The summed E-state index contributed by atoms with van der Waals surface area (Å²) in [6.07, 6.45) is 8.07. The Kier molecular flexibility index (Phi) is 8.03. The summed E-state index contributed by atoms with van der Waals surface area (Å²) in [6, 6.07) is 11.6. The van der Waals surface area contributed by atoms with Gasteiger partial charge in [0, 0.05) is 24.0 Å². The third-order valence-electron chi connectivity index (χ3n) is 5.40. The van der Waals surface area contributed by atoms with Crippen LogP contribution in [0.15, 0.2) is 61.2 Å². The van der Waals surface area contributed by atoms with Crippen molar-refractivity contribution in [3.63, 3.8) is 0 Å². The monoisotopic (exact) mass is 478 g/mol. The summed E-state index contributed by atoms with van der Waals surface area (Å²) in [5.41, 5.74) is 0.918. The molecule has 2 heterocycles. The zero-order valence-electron chi connectivity index (χ0n) is 17.5. The number of hydrogen-bond acceptors (Lipinski definition) is 4. The van der Waals surface area contributed by atoms with Crippen LogP contribution < -0.4 is 4.74 Å². The van der Waals surface area contributed by atoms with Gasteiger partial charge in [-0.15, -0.1) is 0 Å². The first-order chi connectivity index (χ1) is 15.6. The van der Waals surface area contributed by atoms with Crippen molar-refractivity contribution >= 4 is 23.2 Å². The first-order valence-corrected chi connectivity index (χ1v) is 11.4. The fourth-order valence-corrected chi connectivity index (χ4v) is 4.18. The Morgan fingerprint density at radius 2 is 2.00 bits per heavy atom. The van der Waals surface area contributed by atoms with E-state index in [1.54, 1.807) is 42.9 Å². The van der Waals surface area contributed by atoms with Crippen LogP contribution in [0.5, 0.6) is 5.75 Å². The van der Waals surface area contributed by atoms with E-state index in [2.05, 4.69) is 4.98 Å². The molecule has 0 spiro atoms. The Hall–Kier alpha value is -2.12. The summed E-state index contributed by atoms with van der Waals surface area (Å²) in [5.74, 6) is 0.307. The van der Waals surface area contributed by atoms with Crippen LogP contribution in [-0.2, 0) is 16.0 Å². The van der Waals surface area contributed by atoms with Crippen molar-refractivity contribution < 1.29 is 18.6 Å². The normalized spacial score (nSPS) is 19.6. The summed E-state index contributed by atoms with van der Waals surface area (Å²) in [4.78, 5) is 4.08. The van der Waals surface area contributed by atoms with Crippen LogP contribution in [0.2, 0.25) is 10.0 Å². The zero-order valence-corrected chi connectivity index (χ0v) is 19.0. The second-order valence-electron chi connectivity index (χ2n) is 7.77. The molecule has 1 aliphatic rings. The topological polar surface area (TPSA) is 45.5 Å². The van der Waals surface area contributed by atoms with Crippen LogP contribution in [0.3, 0.4) is 0 Å². The number of aromatic nitrogens is 2. The quantitative estimate of drug-likeness (QED) is 0.354. The van der Waals surface area contributed by atoms with Gasteiger partial charge in [-0.05, 0) is 61.6 Å². The molecular formula is C24H25Cl2FN2O3. The SMILES string of the molecule is Fc1ccc(C(CCn2ccnc2)OC2CCCC(COc3ccc(Cl)cc3Cl)O2)cc1. The molecule has 8 heteroatoms. The lowest BCUT2D eigenvalue weighted by molar-refractivity contribution is -0.222. The molecule has 4 rings (SSSR count). The molecule has 170 valence electrons. The molecule has 2 aromatic carbocycles. The fraction of sp³-hybridized carbons (Fsp3) is 0.375. The van der Waals surface area contributed by atoms with E-state index >= 15 is 0 Å². The fourth-order valence-electron chi connectivity index (χ4n) is 3.72. The van der Waals surface area contributed by atoms with Crippen LogP contribution in [0, 0.1) is 5.82 Å². The minimum absolute atomic E-state index is 0.108. The van der Waals surface area contributed by atoms with Gasteiger partial charge in [-0.1, -0.05) is 35.3 Å². The maximum atomic E-state index is 13.4. The Labute approximate surface area is 197 Å². The van der Waals surface area contributed by atoms with E-state index in [0.717, 1.165) is 31.4 Å². The highest BCUT2D eigenvalue weighted by atomic mass is 35.5. The highest BCUT2D eigenvalue weighted by Gasteiger charge is 2.27. The van der Waals surface area contributed by atoms with Gasteiger partial charge in [0.15, 0.2) is 6.29 Å². The van der Waals surface area contributed by atoms with Gasteiger partial charge in [-0.25, -0.2) is 9.37 Å². The minimum atomic E-state index is -0.365. The van der Waals surface area contributed by atoms with Crippen molar-refractivity contribution in [3.8, 4) is 5.75 Å². The molecule has 3 aromatic rings. The molecule has 3 unspecified atom stereocenters. The van der Waals surface area contributed by atoms with E-state index in [1.165, 1.54) is 12.1 Å². The van der Waals surface area contributed by atoms with E-state index in [9.17, 15) is 4.39 Å². The molecule has 32 heavy (non-hydrogen) atoms. The summed E-state index contributed by atoms with van der Waals surface area (Å²) >= 11 is 12.1. The Bertz CT molecular complexity index is 985. The average Bonchev–Trinajstić information content (AvgIpc) is 3.31. The number of ether oxygens (including phenoxy) is 3. The largest absolute Gasteiger partial charge is 0.489 e. The Morgan fingerprint density at radius 3 is 2.75 bits per heavy atom. The Morgan fingerprint density at radius 1 is 1.16 bits per heavy atom. The third-order valence-corrected chi connectivity index (χ3v) is 5.93. The van der Waals surface area contributed by atoms with Crippen molar-refractivity contribution in [2.24, 2.45) is 0 Å². The maximum absolute atomic E-state index is 13.4. The zero-order chi connectivity index (χ0) is 22.3. The summed E-state index contributed by atoms with van der Waals surface area (Å²) in [6.45, 7) is 1.10. The predicted octanol–water partition coefficient (Wildman–Crippen LogP) is 6.45. The van der Waals surface area contributed by atoms with E-state index in [1.807, 2.05) is 10.8 Å². The average molecular weight is 479 g/mol. The van der Waals surface area contributed by atoms with E-state index in [0.29, 0.717) is 28.8 Å². The number of benzene rings is 2. The van der Waals surface area contributed by atoms with Gasteiger partial charge in [-0.2, -0.15) is 0 Å². The van der Waals surface area contributed by atoms with Gasteiger partial charge in [0.25, 0.3) is 0 Å². The summed E-state index contributed by atoms with van der Waals surface area (Å²) < 4.78 is 33.8. The van der Waals surface area contributed by atoms with E-state index in [-0.39, 0.29) is 24.3 Å². The molecule has 1 aromatic heterocycles. The summed E-state index contributed by atoms with van der Waals surface area (Å²) in [5, 5.41) is 1.03. The molecule has 0 radical (unpaired) electrons. The lowest BCUT2D eigenvalue weighted by Gasteiger charge is -2.33. The number of halogens is 3. The van der Waals surface area contributed by atoms with Gasteiger partial charge in [0.1, 0.15) is 18.2 Å². The second-order valence-corrected chi connectivity index (χ2v) is 8.61. The molecule has 0 N–H and O–H groups in total. The number of hydrogen-bond donors (Lipinski definition) is 0. The minimum Gasteiger partial charge on any atom is -0.489 e. The van der Waals surface area contributed by atoms with Gasteiger partial charge in [0.05, 0.1) is 23.6 Å². The van der Waals surface area contributed by atoms with Gasteiger partial charge >= 0.3 is 0 Å². The first kappa shape index (κ1) is 23.1. The van der Waals surface area contributed by atoms with Crippen LogP contribution in [0.1, 0.15) is 37.4 Å². The van der Waals surface area contributed by atoms with Crippen molar-refractivity contribution in [2.45, 2.75) is 50.7 Å². The van der Waals surface area contributed by atoms with Crippen LogP contribution in [0.4, 0.5) is 4.39 Å². The predicted molar refractivity (Wildman–Crippen MR) is 122 cm³/mol. The van der Waals surface area contributed by atoms with Crippen molar-refractivity contribution in [2.75, 3.05) is 6.61 Å². The van der Waals surface area contributed by atoms with Crippen molar-refractivity contribution in [3.05, 3.63) is 82.6 Å². The second kappa shape index (κ2) is 11.1. The molecule has 0 bridgehead atoms. The lowest BCUT2D eigenvalue weighted by Crippen LogP contribution is -2.34. The molecule has 1 fully saturated rings. The molecule has 1 saturated heterocycles. The van der Waals surface area contributed by atoms with Gasteiger partial charge < -0.3 is 18.8 Å². The lowest BCUT2D eigenvalue weighted by atomic mass is 10.1. The van der Waals surface area contributed by atoms with Crippen LogP contribution >= 0.6 is 23.2 Å². The maximum Gasteiger partial charge on any atom is 0.158 e. The molecule has 3 atom stereocenters. The van der Waals surface area contributed by atoms with Crippen LogP contribution in [-0.4, -0.2) is 28.6 Å². The number of imidazole rings is 1. The standard InChI is InChI=1S/C24H25Cl2FN2O3/c25-18-6-9-23(21(26)14-18)30-15-20-2-1-3-24(31-20)32-22(10-12-29-13-11-28-16-29)17-4-7-19(27)8-5-17/h4-9,11,13-14,16,20,22,24H,1-3,10,12,15H2. The van der Waals surface area contributed by atoms with E-state index < -0.39 is 0 Å². The first-order valence-electron chi connectivity index (χ1n) is 10.7. The number of rotatable bonds is 9. The van der Waals surface area contributed by atoms with Crippen molar-refractivity contribution in [1.29, 1.82) is 0 Å². The van der Waals surface area contributed by atoms with Crippen LogP contribution in [0.25, 0.3) is 0 Å². The third kappa shape index (κ3) is 6.45. The van der Waals surface area contributed by atoms with Gasteiger partial charge in [0.2, 0.25) is 0 Å². The number of aryl methyl sites for hydroxylation is 1. The highest BCUT2D eigenvalue weighted by Crippen LogP contribution is 2.31. The molecule has 1 aliphatic heterocycles. The highest BCUT2D eigenvalue weighted by molar-refractivity contribution is 6.35. The number of nitrogens with zero attached hydrogens (tertiary/aromatic N) is 2. The molecule has 0 amide bonds. The molecule has 5 nitrogen and oxygen atoms in total. The van der Waals surface area contributed by atoms with Gasteiger partial charge in [-0.3, -0.25) is 0 Å². The molecule has 0 aliphatic carbocycles. The Balaban J connectivity index is 1.36. The summed E-state index contributed by atoms with van der Waals surface area (Å²) in [7, 11) is 0.